The first-order valence-corrected chi connectivity index (χ1v) is 5.82. The molecule has 0 saturated heterocycles. The lowest BCUT2D eigenvalue weighted by molar-refractivity contribution is -0.122. The molecule has 1 aliphatic heterocycles. The summed E-state index contributed by atoms with van der Waals surface area (Å²) in [7, 11) is 0. The average Bonchev–Trinajstić information content (AvgIpc) is 2.68. The summed E-state index contributed by atoms with van der Waals surface area (Å²) in [6.45, 7) is 0.590. The monoisotopic (exact) mass is 285 g/mol. The van der Waals surface area contributed by atoms with E-state index in [1.165, 1.54) is 0 Å². The Morgan fingerprint density at radius 1 is 1.62 bits per heavy atom. The Bertz CT molecular complexity index is 408. The van der Waals surface area contributed by atoms with Crippen LogP contribution in [0.5, 0.6) is 5.75 Å². The zero-order valence-corrected chi connectivity index (χ0v) is 10.2. The van der Waals surface area contributed by atoms with Gasteiger partial charge in [-0.15, -0.1) is 0 Å². The molecule has 1 unspecified atom stereocenters. The van der Waals surface area contributed by atoms with Crippen molar-refractivity contribution < 1.29 is 14.6 Å². The predicted molar refractivity (Wildman–Crippen MR) is 62.5 cm³/mol. The molecule has 0 spiro atoms. The molecule has 0 fully saturated rings. The molecule has 1 aromatic rings. The van der Waals surface area contributed by atoms with Crippen LogP contribution < -0.4 is 10.1 Å². The van der Waals surface area contributed by atoms with Gasteiger partial charge in [-0.1, -0.05) is 15.9 Å². The zero-order valence-electron chi connectivity index (χ0n) is 8.57. The molecular formula is C11H12BrNO3. The van der Waals surface area contributed by atoms with Crippen LogP contribution in [-0.2, 0) is 4.79 Å². The van der Waals surface area contributed by atoms with Crippen molar-refractivity contribution in [1.82, 2.24) is 5.32 Å². The van der Waals surface area contributed by atoms with Crippen molar-refractivity contribution in [3.05, 3.63) is 28.2 Å². The summed E-state index contributed by atoms with van der Waals surface area (Å²) in [6, 6.07) is 5.62. The number of benzene rings is 1. The molecular weight excluding hydrogens is 274 g/mol. The van der Waals surface area contributed by atoms with Gasteiger partial charge < -0.3 is 15.2 Å². The molecule has 5 heteroatoms. The van der Waals surface area contributed by atoms with Gasteiger partial charge in [-0.25, -0.2) is 0 Å². The second-order valence-corrected chi connectivity index (χ2v) is 4.48. The largest absolute Gasteiger partial charge is 0.492 e. The molecule has 2 rings (SSSR count). The summed E-state index contributed by atoms with van der Waals surface area (Å²) >= 11 is 3.37. The highest BCUT2D eigenvalue weighted by molar-refractivity contribution is 9.10. The van der Waals surface area contributed by atoms with Gasteiger partial charge in [0.1, 0.15) is 18.3 Å². The average molecular weight is 286 g/mol. The highest BCUT2D eigenvalue weighted by atomic mass is 79.9. The van der Waals surface area contributed by atoms with Crippen molar-refractivity contribution in [2.45, 2.75) is 5.92 Å². The Morgan fingerprint density at radius 3 is 3.19 bits per heavy atom. The molecule has 86 valence electrons. The lowest BCUT2D eigenvalue weighted by Gasteiger charge is -2.09. The number of carbonyl (C=O) groups is 1. The molecule has 1 aromatic carbocycles. The van der Waals surface area contributed by atoms with Crippen molar-refractivity contribution in [3.63, 3.8) is 0 Å². The topological polar surface area (TPSA) is 58.6 Å². The number of aliphatic hydroxyl groups is 1. The number of nitrogens with one attached hydrogen (secondary N) is 1. The molecule has 4 nitrogen and oxygen atoms in total. The van der Waals surface area contributed by atoms with Gasteiger partial charge in [0, 0.05) is 16.6 Å². The Balaban J connectivity index is 2.16. The van der Waals surface area contributed by atoms with Gasteiger partial charge in [0.05, 0.1) is 6.61 Å². The van der Waals surface area contributed by atoms with Gasteiger partial charge >= 0.3 is 0 Å². The molecule has 0 saturated carbocycles. The van der Waals surface area contributed by atoms with Crippen LogP contribution in [0.15, 0.2) is 22.7 Å². The summed E-state index contributed by atoms with van der Waals surface area (Å²) in [5, 5.41) is 11.3. The van der Waals surface area contributed by atoms with Crippen molar-refractivity contribution in [3.8, 4) is 5.75 Å². The normalized spacial score (nSPS) is 17.8. The van der Waals surface area contributed by atoms with E-state index in [1.54, 1.807) is 0 Å². The van der Waals surface area contributed by atoms with E-state index < -0.39 is 0 Å². The van der Waals surface area contributed by atoms with Crippen LogP contribution in [0.25, 0.3) is 0 Å². The summed E-state index contributed by atoms with van der Waals surface area (Å²) in [6.07, 6.45) is 0. The summed E-state index contributed by atoms with van der Waals surface area (Å²) < 4.78 is 6.35. The highest BCUT2D eigenvalue weighted by Gasteiger charge is 2.30. The van der Waals surface area contributed by atoms with Crippen LogP contribution in [0.4, 0.5) is 0 Å². The second kappa shape index (κ2) is 4.84. The Morgan fingerprint density at radius 2 is 2.44 bits per heavy atom. The molecule has 16 heavy (non-hydrogen) atoms. The Labute approximate surface area is 102 Å². The van der Waals surface area contributed by atoms with Gasteiger partial charge in [-0.2, -0.15) is 0 Å². The molecule has 1 amide bonds. The molecule has 0 bridgehead atoms. The number of fused-ring (bicyclic) bond motifs is 1. The van der Waals surface area contributed by atoms with E-state index in [0.29, 0.717) is 6.61 Å². The van der Waals surface area contributed by atoms with Crippen molar-refractivity contribution in [1.29, 1.82) is 0 Å². The number of hydrogen-bond acceptors (Lipinski definition) is 3. The fraction of sp³-hybridized carbons (Fsp3) is 0.364. The molecule has 1 aliphatic rings. The first-order valence-electron chi connectivity index (χ1n) is 5.03. The van der Waals surface area contributed by atoms with Crippen molar-refractivity contribution >= 4 is 21.8 Å². The first-order chi connectivity index (χ1) is 7.72. The molecule has 1 heterocycles. The third-order valence-electron chi connectivity index (χ3n) is 2.48. The second-order valence-electron chi connectivity index (χ2n) is 3.56. The van der Waals surface area contributed by atoms with Crippen LogP contribution in [0.1, 0.15) is 11.5 Å². The molecule has 1 atom stereocenters. The van der Waals surface area contributed by atoms with Gasteiger partial charge in [0.15, 0.2) is 0 Å². The third-order valence-corrected chi connectivity index (χ3v) is 2.97. The zero-order chi connectivity index (χ0) is 11.5. The van der Waals surface area contributed by atoms with E-state index in [4.69, 9.17) is 9.84 Å². The molecule has 0 aliphatic carbocycles. The van der Waals surface area contributed by atoms with Gasteiger partial charge in [0.25, 0.3) is 0 Å². The Kier molecular flexibility index (Phi) is 3.46. The van der Waals surface area contributed by atoms with E-state index in [0.717, 1.165) is 15.8 Å². The van der Waals surface area contributed by atoms with Crippen molar-refractivity contribution in [2.75, 3.05) is 19.8 Å². The smallest absolute Gasteiger partial charge is 0.231 e. The number of rotatable bonds is 3. The molecule has 0 radical (unpaired) electrons. The standard InChI is InChI=1S/C11H12BrNO3/c12-7-1-2-10-8(5-7)9(6-16-10)11(15)13-3-4-14/h1-2,5,9,14H,3-4,6H2,(H,13,15). The number of ether oxygens (including phenoxy) is 1. The van der Waals surface area contributed by atoms with E-state index in [2.05, 4.69) is 21.2 Å². The fourth-order valence-corrected chi connectivity index (χ4v) is 2.08. The fourth-order valence-electron chi connectivity index (χ4n) is 1.71. The van der Waals surface area contributed by atoms with Crippen LogP contribution in [0.2, 0.25) is 0 Å². The first kappa shape index (κ1) is 11.4. The number of carbonyl (C=O) groups excluding carboxylic acids is 1. The van der Waals surface area contributed by atoms with E-state index >= 15 is 0 Å². The highest BCUT2D eigenvalue weighted by Crippen LogP contribution is 2.35. The SMILES string of the molecule is O=C(NCCO)C1COc2ccc(Br)cc21. The number of hydrogen-bond donors (Lipinski definition) is 2. The lowest BCUT2D eigenvalue weighted by atomic mass is 10.0. The van der Waals surface area contributed by atoms with Gasteiger partial charge in [0.2, 0.25) is 5.91 Å². The van der Waals surface area contributed by atoms with Gasteiger partial charge in [-0.3, -0.25) is 4.79 Å². The van der Waals surface area contributed by atoms with Crippen LogP contribution in [-0.4, -0.2) is 30.8 Å². The number of aliphatic hydroxyl groups excluding tert-OH is 1. The maximum atomic E-state index is 11.8. The maximum Gasteiger partial charge on any atom is 0.231 e. The van der Waals surface area contributed by atoms with E-state index in [9.17, 15) is 4.79 Å². The maximum absolute atomic E-state index is 11.8. The summed E-state index contributed by atoms with van der Waals surface area (Å²) in [5.74, 6) is 0.372. The predicted octanol–water partition coefficient (Wildman–Crippen LogP) is 1.03. The quantitative estimate of drug-likeness (QED) is 0.872. The lowest BCUT2D eigenvalue weighted by Crippen LogP contribution is -2.32. The van der Waals surface area contributed by atoms with E-state index in [-0.39, 0.29) is 25.0 Å². The summed E-state index contributed by atoms with van der Waals surface area (Å²) in [5.41, 5.74) is 0.893. The summed E-state index contributed by atoms with van der Waals surface area (Å²) in [4.78, 5) is 11.8. The minimum Gasteiger partial charge on any atom is -0.492 e. The van der Waals surface area contributed by atoms with E-state index in [1.807, 2.05) is 18.2 Å². The molecule has 2 N–H and O–H groups in total. The number of halogens is 1. The van der Waals surface area contributed by atoms with Crippen LogP contribution in [0.3, 0.4) is 0 Å². The van der Waals surface area contributed by atoms with Crippen LogP contribution in [0, 0.1) is 0 Å². The van der Waals surface area contributed by atoms with Crippen molar-refractivity contribution in [2.24, 2.45) is 0 Å². The molecule has 0 aromatic heterocycles. The van der Waals surface area contributed by atoms with Crippen LogP contribution >= 0.6 is 15.9 Å². The number of amides is 1. The Hall–Kier alpha value is -1.07. The minimum absolute atomic E-state index is 0.0509. The minimum atomic E-state index is -0.279. The van der Waals surface area contributed by atoms with Gasteiger partial charge in [-0.05, 0) is 18.2 Å². The third kappa shape index (κ3) is 2.20.